The maximum atomic E-state index is 9.34. The third kappa shape index (κ3) is 14.7. The van der Waals surface area contributed by atoms with Crippen LogP contribution in [-0.2, 0) is 26.4 Å². The number of rotatable bonds is 28. The summed E-state index contributed by atoms with van der Waals surface area (Å²) in [5.41, 5.74) is 3.64. The van der Waals surface area contributed by atoms with E-state index in [1.54, 1.807) is 12.1 Å². The molecule has 4 aromatic rings. The minimum atomic E-state index is -0.850. The Balaban J connectivity index is 1.29. The van der Waals surface area contributed by atoms with Gasteiger partial charge >= 0.3 is 0 Å². The van der Waals surface area contributed by atoms with Crippen LogP contribution in [0.5, 0.6) is 0 Å². The van der Waals surface area contributed by atoms with Crippen LogP contribution in [0.3, 0.4) is 0 Å². The Morgan fingerprint density at radius 3 is 1.47 bits per heavy atom. The van der Waals surface area contributed by atoms with E-state index in [-0.39, 0.29) is 6.10 Å². The third-order valence-corrected chi connectivity index (χ3v) is 10.4. The van der Waals surface area contributed by atoms with Crippen molar-refractivity contribution in [2.24, 2.45) is 0 Å². The topological polar surface area (TPSA) is 51.5 Å². The van der Waals surface area contributed by atoms with Crippen molar-refractivity contribution in [3.05, 3.63) is 142 Å². The van der Waals surface area contributed by atoms with Gasteiger partial charge in [-0.25, -0.2) is 0 Å². The van der Waals surface area contributed by atoms with Crippen molar-refractivity contribution < 1.29 is 14.2 Å². The highest BCUT2D eigenvalue weighted by Gasteiger charge is 2.38. The molecule has 0 aliphatic heterocycles. The fraction of sp³-hybridized carbons (Fsp3) is 0.479. The van der Waals surface area contributed by atoms with Crippen molar-refractivity contribution in [2.75, 3.05) is 19.8 Å². The molecule has 1 atom stereocenters. The minimum Gasteiger partial charge on any atom is -0.379 e. The quantitative estimate of drug-likeness (QED) is 0.0430. The Morgan fingerprint density at radius 2 is 1.04 bits per heavy atom. The fourth-order valence-corrected chi connectivity index (χ4v) is 7.30. The molecule has 4 aromatic carbocycles. The molecule has 0 aliphatic carbocycles. The van der Waals surface area contributed by atoms with Gasteiger partial charge in [0, 0.05) is 6.61 Å². The molecule has 0 bridgehead atoms. The number of unbranched alkanes of at least 4 members (excludes halogenated alkanes) is 15. The number of nitrogens with zero attached hydrogens (tertiary/aromatic N) is 1. The van der Waals surface area contributed by atoms with E-state index >= 15 is 0 Å². The molecule has 4 rings (SSSR count). The summed E-state index contributed by atoms with van der Waals surface area (Å²) in [5, 5.41) is 9.77. The Morgan fingerprint density at radius 1 is 0.585 bits per heavy atom. The molecule has 0 aromatic heterocycles. The molecule has 284 valence electrons. The second-order valence-electron chi connectivity index (χ2n) is 14.3. The van der Waals surface area contributed by atoms with Crippen molar-refractivity contribution in [1.29, 1.82) is 5.26 Å². The molecule has 0 amide bonds. The Bertz CT molecular complexity index is 1460. The van der Waals surface area contributed by atoms with E-state index < -0.39 is 5.60 Å². The van der Waals surface area contributed by atoms with Crippen LogP contribution < -0.4 is 0 Å². The standard InChI is InChI=1S/C48H62ClNO3/c1-2-3-4-5-6-7-8-9-10-11-12-13-14-15-16-26-35-51-39-46(52-38-41-33-34-42(37-50)47(49)36-41)40-53-48(43-27-20-17-21-28-43,44-29-22-18-23-30-44)45-31-24-19-25-32-45/h17-25,27-34,36,46H,2-16,26,35,38-40H2,1H3. The van der Waals surface area contributed by atoms with Gasteiger partial charge < -0.3 is 14.2 Å². The van der Waals surface area contributed by atoms with Gasteiger partial charge in [-0.15, -0.1) is 0 Å². The van der Waals surface area contributed by atoms with Gasteiger partial charge in [-0.05, 0) is 40.8 Å². The first-order valence-corrected chi connectivity index (χ1v) is 20.7. The van der Waals surface area contributed by atoms with Gasteiger partial charge in [-0.1, -0.05) is 212 Å². The van der Waals surface area contributed by atoms with Crippen LogP contribution in [-0.4, -0.2) is 25.9 Å². The third-order valence-electron chi connectivity index (χ3n) is 10.1. The SMILES string of the molecule is CCCCCCCCCCCCCCCCCCOCC(COC(c1ccccc1)(c1ccccc1)c1ccccc1)OCc1ccc(C#N)c(Cl)c1. The van der Waals surface area contributed by atoms with Gasteiger partial charge in [0.05, 0.1) is 30.4 Å². The zero-order valence-electron chi connectivity index (χ0n) is 32.2. The summed E-state index contributed by atoms with van der Waals surface area (Å²) in [6.45, 7) is 4.03. The van der Waals surface area contributed by atoms with Gasteiger partial charge in [0.1, 0.15) is 17.8 Å². The molecule has 53 heavy (non-hydrogen) atoms. The minimum absolute atomic E-state index is 0.307. The zero-order valence-corrected chi connectivity index (χ0v) is 32.9. The molecule has 0 aliphatic rings. The summed E-state index contributed by atoms with van der Waals surface area (Å²) >= 11 is 6.36. The van der Waals surface area contributed by atoms with Crippen molar-refractivity contribution in [2.45, 2.75) is 128 Å². The molecule has 0 saturated carbocycles. The highest BCUT2D eigenvalue weighted by Crippen LogP contribution is 2.40. The Labute approximate surface area is 325 Å². The second-order valence-corrected chi connectivity index (χ2v) is 14.7. The molecule has 0 radical (unpaired) electrons. The van der Waals surface area contributed by atoms with Crippen LogP contribution in [0.2, 0.25) is 5.02 Å². The summed E-state index contributed by atoms with van der Waals surface area (Å²) in [5.74, 6) is 0. The van der Waals surface area contributed by atoms with Crippen molar-refractivity contribution in [3.8, 4) is 6.07 Å². The average Bonchev–Trinajstić information content (AvgIpc) is 3.20. The van der Waals surface area contributed by atoms with Crippen molar-refractivity contribution >= 4 is 11.6 Å². The predicted molar refractivity (Wildman–Crippen MR) is 220 cm³/mol. The molecular weight excluding hydrogens is 674 g/mol. The van der Waals surface area contributed by atoms with Crippen molar-refractivity contribution in [1.82, 2.24) is 0 Å². The molecule has 0 N–H and O–H groups in total. The number of ether oxygens (including phenoxy) is 3. The summed E-state index contributed by atoms with van der Waals surface area (Å²) < 4.78 is 19.9. The monoisotopic (exact) mass is 735 g/mol. The first-order chi connectivity index (χ1) is 26.2. The van der Waals surface area contributed by atoms with Crippen LogP contribution in [0, 0.1) is 11.3 Å². The molecule has 5 heteroatoms. The Kier molecular flexibility index (Phi) is 20.4. The number of hydrogen-bond donors (Lipinski definition) is 0. The number of halogens is 1. The van der Waals surface area contributed by atoms with Gasteiger partial charge in [-0.3, -0.25) is 0 Å². The van der Waals surface area contributed by atoms with Gasteiger partial charge in [-0.2, -0.15) is 5.26 Å². The lowest BCUT2D eigenvalue weighted by Crippen LogP contribution is -2.37. The maximum absolute atomic E-state index is 9.34. The summed E-state index contributed by atoms with van der Waals surface area (Å²) in [6.07, 6.45) is 21.2. The van der Waals surface area contributed by atoms with Crippen LogP contribution in [0.1, 0.15) is 137 Å². The van der Waals surface area contributed by atoms with Crippen LogP contribution in [0.15, 0.2) is 109 Å². The van der Waals surface area contributed by atoms with Crippen molar-refractivity contribution in [3.63, 3.8) is 0 Å². The summed E-state index contributed by atoms with van der Waals surface area (Å²) in [4.78, 5) is 0. The normalized spacial score (nSPS) is 12.1. The highest BCUT2D eigenvalue weighted by molar-refractivity contribution is 6.31. The Hall–Kier alpha value is -3.46. The largest absolute Gasteiger partial charge is 0.379 e. The summed E-state index contributed by atoms with van der Waals surface area (Å²) in [6, 6.07) is 38.8. The molecule has 0 fully saturated rings. The van der Waals surface area contributed by atoms with Gasteiger partial charge in [0.15, 0.2) is 0 Å². The van der Waals surface area contributed by atoms with Crippen LogP contribution in [0.4, 0.5) is 0 Å². The number of benzene rings is 4. The second kappa shape index (κ2) is 25.5. The maximum Gasteiger partial charge on any atom is 0.143 e. The highest BCUT2D eigenvalue weighted by atomic mass is 35.5. The van der Waals surface area contributed by atoms with E-state index in [0.717, 1.165) is 28.7 Å². The molecule has 0 spiro atoms. The smallest absolute Gasteiger partial charge is 0.143 e. The molecule has 0 heterocycles. The molecule has 1 unspecified atom stereocenters. The number of nitriles is 1. The van der Waals surface area contributed by atoms with Gasteiger partial charge in [0.25, 0.3) is 0 Å². The molecule has 4 nitrogen and oxygen atoms in total. The van der Waals surface area contributed by atoms with E-state index in [9.17, 15) is 5.26 Å². The van der Waals surface area contributed by atoms with E-state index in [1.165, 1.54) is 96.3 Å². The average molecular weight is 736 g/mol. The summed E-state index contributed by atoms with van der Waals surface area (Å²) in [7, 11) is 0. The van der Waals surface area contributed by atoms with Gasteiger partial charge in [0.2, 0.25) is 0 Å². The van der Waals surface area contributed by atoms with E-state index in [2.05, 4.69) is 85.8 Å². The lowest BCUT2D eigenvalue weighted by atomic mass is 9.80. The lowest BCUT2D eigenvalue weighted by Gasteiger charge is -2.37. The lowest BCUT2D eigenvalue weighted by molar-refractivity contribution is -0.0968. The van der Waals surface area contributed by atoms with Crippen LogP contribution >= 0.6 is 11.6 Å². The van der Waals surface area contributed by atoms with E-state index in [0.29, 0.717) is 37.0 Å². The number of hydrogen-bond acceptors (Lipinski definition) is 4. The van der Waals surface area contributed by atoms with Crippen LogP contribution in [0.25, 0.3) is 0 Å². The fourth-order valence-electron chi connectivity index (χ4n) is 7.05. The first kappa shape index (κ1) is 42.3. The molecule has 0 saturated heterocycles. The predicted octanol–water partition coefficient (Wildman–Crippen LogP) is 13.4. The molecular formula is C48H62ClNO3. The zero-order chi connectivity index (χ0) is 37.2. The first-order valence-electron chi connectivity index (χ1n) is 20.4. The van der Waals surface area contributed by atoms with E-state index in [1.807, 2.05) is 24.3 Å². The van der Waals surface area contributed by atoms with E-state index in [4.69, 9.17) is 25.8 Å².